The molecule has 0 atom stereocenters. The maximum absolute atomic E-state index is 14.1. The number of carbonyl (C=O) groups excluding carboxylic acids is 2. The Morgan fingerprint density at radius 2 is 1.88 bits per heavy atom. The summed E-state index contributed by atoms with van der Waals surface area (Å²) < 4.78 is 25.4. The number of hydrogen-bond donors (Lipinski definition) is 1. The van der Waals surface area contributed by atoms with Gasteiger partial charge in [-0.05, 0) is 76.6 Å². The molecule has 1 spiro atoms. The summed E-state index contributed by atoms with van der Waals surface area (Å²) in [5.74, 6) is 1.25. The number of anilines is 1. The van der Waals surface area contributed by atoms with Crippen molar-refractivity contribution in [3.63, 3.8) is 0 Å². The first-order valence-corrected chi connectivity index (χ1v) is 14.1. The van der Waals surface area contributed by atoms with Crippen LogP contribution in [0.25, 0.3) is 0 Å². The van der Waals surface area contributed by atoms with E-state index in [1.54, 1.807) is 18.1 Å². The van der Waals surface area contributed by atoms with E-state index in [1.807, 2.05) is 13.8 Å². The average Bonchev–Trinajstić information content (AvgIpc) is 2.88. The van der Waals surface area contributed by atoms with Gasteiger partial charge in [-0.1, -0.05) is 0 Å². The molecule has 2 aliphatic heterocycles. The number of halogens is 1. The highest BCUT2D eigenvalue weighted by Crippen LogP contribution is 2.44. The van der Waals surface area contributed by atoms with Gasteiger partial charge in [0.25, 0.3) is 5.91 Å². The zero-order valence-corrected chi connectivity index (χ0v) is 23.5. The first-order chi connectivity index (χ1) is 19.1. The normalized spacial score (nSPS) is 22.0. The number of rotatable bonds is 9. The maximum Gasteiger partial charge on any atom is 0.404 e. The van der Waals surface area contributed by atoms with Crippen LogP contribution in [0, 0.1) is 17.2 Å². The molecular formula is C29H39FN6O4. The monoisotopic (exact) mass is 554 g/mol. The standard InChI is InChI=1S/C29H39FN6O4/c1-19(2)34(3)27(37)23-12-21(30)6-9-24(23)40-25-13-32-18-33-26(25)36-16-29(17-36)14-35(15-29)11-10-20-4-7-22(8-5-20)39-28(31)38/h6,9,12-13,18-20,22H,4-5,7-8,10-11,14-17H2,1-3H3,(H2,31,38). The van der Waals surface area contributed by atoms with Gasteiger partial charge in [0.15, 0.2) is 11.6 Å². The molecule has 3 heterocycles. The van der Waals surface area contributed by atoms with Gasteiger partial charge >= 0.3 is 6.09 Å². The van der Waals surface area contributed by atoms with Crippen molar-refractivity contribution in [3.05, 3.63) is 42.1 Å². The van der Waals surface area contributed by atoms with Crippen LogP contribution in [0.15, 0.2) is 30.7 Å². The second kappa shape index (κ2) is 11.6. The van der Waals surface area contributed by atoms with Crippen LogP contribution in [-0.2, 0) is 4.74 Å². The number of nitrogens with zero attached hydrogens (tertiary/aromatic N) is 5. The molecule has 1 aromatic heterocycles. The third-order valence-electron chi connectivity index (χ3n) is 8.55. The van der Waals surface area contributed by atoms with Crippen molar-refractivity contribution in [2.75, 3.05) is 44.7 Å². The Balaban J connectivity index is 1.14. The van der Waals surface area contributed by atoms with Crippen molar-refractivity contribution < 1.29 is 23.5 Å². The van der Waals surface area contributed by atoms with Crippen LogP contribution in [0.3, 0.4) is 0 Å². The molecule has 1 aliphatic carbocycles. The molecule has 2 amide bonds. The predicted molar refractivity (Wildman–Crippen MR) is 148 cm³/mol. The summed E-state index contributed by atoms with van der Waals surface area (Å²) in [6.07, 6.45) is 7.52. The minimum Gasteiger partial charge on any atom is -0.451 e. The van der Waals surface area contributed by atoms with Gasteiger partial charge in [0.05, 0.1) is 11.8 Å². The molecule has 11 heteroatoms. The van der Waals surface area contributed by atoms with E-state index in [4.69, 9.17) is 15.2 Å². The van der Waals surface area contributed by atoms with Crippen LogP contribution in [0.5, 0.6) is 11.5 Å². The Kier molecular flexibility index (Phi) is 8.11. The molecule has 5 rings (SSSR count). The molecule has 2 N–H and O–H groups in total. The Bertz CT molecular complexity index is 1220. The highest BCUT2D eigenvalue weighted by atomic mass is 19.1. The summed E-state index contributed by atoms with van der Waals surface area (Å²) >= 11 is 0. The number of carbonyl (C=O) groups is 2. The fourth-order valence-electron chi connectivity index (χ4n) is 6.16. The lowest BCUT2D eigenvalue weighted by Crippen LogP contribution is -2.72. The van der Waals surface area contributed by atoms with Crippen molar-refractivity contribution in [1.29, 1.82) is 0 Å². The number of nitrogens with two attached hydrogens (primary N) is 1. The summed E-state index contributed by atoms with van der Waals surface area (Å²) in [5.41, 5.74) is 5.56. The molecule has 3 aliphatic rings. The molecule has 2 aromatic rings. The number of aromatic nitrogens is 2. The van der Waals surface area contributed by atoms with E-state index in [9.17, 15) is 14.0 Å². The SMILES string of the molecule is CC(C)N(C)C(=O)c1cc(F)ccc1Oc1cncnc1N1CC2(CN(CCC3CCC(OC(N)=O)CC3)C2)C1. The molecule has 1 aromatic carbocycles. The minimum atomic E-state index is -0.672. The van der Waals surface area contributed by atoms with Crippen molar-refractivity contribution in [2.45, 2.75) is 58.1 Å². The molecule has 3 fully saturated rings. The molecule has 10 nitrogen and oxygen atoms in total. The van der Waals surface area contributed by atoms with Gasteiger partial charge in [-0.3, -0.25) is 4.79 Å². The molecule has 2 saturated heterocycles. The first kappa shape index (κ1) is 28.1. The fourth-order valence-corrected chi connectivity index (χ4v) is 6.16. The number of ether oxygens (including phenoxy) is 2. The summed E-state index contributed by atoms with van der Waals surface area (Å²) in [6, 6.07) is 3.93. The van der Waals surface area contributed by atoms with Crippen LogP contribution < -0.4 is 15.4 Å². The maximum atomic E-state index is 14.1. The minimum absolute atomic E-state index is 0.0193. The zero-order chi connectivity index (χ0) is 28.4. The van der Waals surface area contributed by atoms with Crippen molar-refractivity contribution in [1.82, 2.24) is 19.8 Å². The molecule has 40 heavy (non-hydrogen) atoms. The van der Waals surface area contributed by atoms with Crippen LogP contribution in [0.4, 0.5) is 15.0 Å². The van der Waals surface area contributed by atoms with Gasteiger partial charge in [0.1, 0.15) is 24.0 Å². The van der Waals surface area contributed by atoms with E-state index in [0.29, 0.717) is 17.5 Å². The van der Waals surface area contributed by atoms with Gasteiger partial charge in [-0.15, -0.1) is 0 Å². The van der Waals surface area contributed by atoms with E-state index < -0.39 is 11.9 Å². The Morgan fingerprint density at radius 1 is 1.15 bits per heavy atom. The van der Waals surface area contributed by atoms with Crippen LogP contribution in [0.2, 0.25) is 0 Å². The summed E-state index contributed by atoms with van der Waals surface area (Å²) in [6.45, 7) is 8.75. The molecule has 0 radical (unpaired) electrons. The number of benzene rings is 1. The zero-order valence-electron chi connectivity index (χ0n) is 23.5. The average molecular weight is 555 g/mol. The van der Waals surface area contributed by atoms with Crippen LogP contribution >= 0.6 is 0 Å². The lowest BCUT2D eigenvalue weighted by atomic mass is 9.72. The molecule has 216 valence electrons. The summed E-state index contributed by atoms with van der Waals surface area (Å²) in [5, 5.41) is 0. The highest BCUT2D eigenvalue weighted by Gasteiger charge is 2.52. The molecule has 0 unspecified atom stereocenters. The van der Waals surface area contributed by atoms with Crippen molar-refractivity contribution in [2.24, 2.45) is 17.1 Å². The van der Waals surface area contributed by atoms with E-state index in [2.05, 4.69) is 19.8 Å². The van der Waals surface area contributed by atoms with Gasteiger partial charge < -0.3 is 29.9 Å². The van der Waals surface area contributed by atoms with Crippen LogP contribution in [-0.4, -0.2) is 83.7 Å². The van der Waals surface area contributed by atoms with Crippen molar-refractivity contribution in [3.8, 4) is 11.5 Å². The van der Waals surface area contributed by atoms with Gasteiger partial charge in [-0.25, -0.2) is 19.2 Å². The van der Waals surface area contributed by atoms with E-state index in [1.165, 1.54) is 24.5 Å². The fraction of sp³-hybridized carbons (Fsp3) is 0.586. The van der Waals surface area contributed by atoms with Gasteiger partial charge in [0, 0.05) is 44.7 Å². The lowest BCUT2D eigenvalue weighted by molar-refractivity contribution is -0.0268. The second-order valence-corrected chi connectivity index (χ2v) is 11.9. The molecule has 0 bridgehead atoms. The summed E-state index contributed by atoms with van der Waals surface area (Å²) in [7, 11) is 1.69. The third-order valence-corrected chi connectivity index (χ3v) is 8.55. The van der Waals surface area contributed by atoms with Gasteiger partial charge in [0.2, 0.25) is 0 Å². The molecular weight excluding hydrogens is 515 g/mol. The predicted octanol–water partition coefficient (Wildman–Crippen LogP) is 4.05. The largest absolute Gasteiger partial charge is 0.451 e. The number of primary amides is 1. The van der Waals surface area contributed by atoms with Gasteiger partial charge in [-0.2, -0.15) is 0 Å². The summed E-state index contributed by atoms with van der Waals surface area (Å²) in [4.78, 5) is 38.8. The number of hydrogen-bond acceptors (Lipinski definition) is 8. The number of likely N-dealkylation sites (tertiary alicyclic amines) is 1. The topological polar surface area (TPSA) is 114 Å². The second-order valence-electron chi connectivity index (χ2n) is 11.9. The Hall–Kier alpha value is -3.47. The quantitative estimate of drug-likeness (QED) is 0.494. The highest BCUT2D eigenvalue weighted by molar-refractivity contribution is 5.97. The van der Waals surface area contributed by atoms with E-state index >= 15 is 0 Å². The molecule has 1 saturated carbocycles. The Labute approximate surface area is 234 Å². The first-order valence-electron chi connectivity index (χ1n) is 14.1. The van der Waals surface area contributed by atoms with E-state index in [-0.39, 0.29) is 34.8 Å². The lowest BCUT2D eigenvalue weighted by Gasteiger charge is -2.61. The smallest absolute Gasteiger partial charge is 0.404 e. The number of amides is 2. The third kappa shape index (κ3) is 6.14. The van der Waals surface area contributed by atoms with E-state index in [0.717, 1.165) is 64.8 Å². The van der Waals surface area contributed by atoms with Crippen LogP contribution in [0.1, 0.15) is 56.3 Å². The Morgan fingerprint density at radius 3 is 2.55 bits per heavy atom. The van der Waals surface area contributed by atoms with Crippen molar-refractivity contribution >= 4 is 17.8 Å².